The molecule has 0 saturated carbocycles. The molecule has 0 aliphatic rings. The molecule has 4 aromatic rings. The summed E-state index contributed by atoms with van der Waals surface area (Å²) < 4.78 is 66.7. The first-order chi connectivity index (χ1) is 17.7. The van der Waals surface area contributed by atoms with Crippen LogP contribution in [0, 0.1) is 19.8 Å². The Labute approximate surface area is 219 Å². The van der Waals surface area contributed by atoms with Crippen molar-refractivity contribution in [2.75, 3.05) is 0 Å². The van der Waals surface area contributed by atoms with Gasteiger partial charge in [0.05, 0.1) is 11.9 Å². The second-order valence-electron chi connectivity index (χ2n) is 9.52. The molecule has 1 unspecified atom stereocenters. The second-order valence-corrected chi connectivity index (χ2v) is 11.1. The largest absolute Gasteiger partial charge is 0.534 e. The fourth-order valence-corrected chi connectivity index (χ4v) is 4.71. The molecule has 3 aromatic heterocycles. The van der Waals surface area contributed by atoms with Gasteiger partial charge in [0.25, 0.3) is 0 Å². The normalized spacial score (nSPS) is 13.9. The zero-order chi connectivity index (χ0) is 27.9. The number of aryl methyl sites for hydroxylation is 2. The molecule has 11 heteroatoms. The van der Waals surface area contributed by atoms with E-state index in [0.717, 1.165) is 34.3 Å². The monoisotopic (exact) mass is 544 g/mol. The molecule has 1 aromatic carbocycles. The number of hydrogen-bond donors (Lipinski definition) is 0. The van der Waals surface area contributed by atoms with E-state index in [9.17, 15) is 21.6 Å². The lowest BCUT2D eigenvalue weighted by Crippen LogP contribution is -2.31. The molecule has 0 aliphatic carbocycles. The van der Waals surface area contributed by atoms with E-state index in [0.29, 0.717) is 11.6 Å². The summed E-state index contributed by atoms with van der Waals surface area (Å²) in [6.45, 7) is 9.97. The van der Waals surface area contributed by atoms with Crippen molar-refractivity contribution in [3.05, 3.63) is 89.8 Å². The van der Waals surface area contributed by atoms with Crippen LogP contribution < -0.4 is 4.18 Å². The maximum Gasteiger partial charge on any atom is 0.534 e. The van der Waals surface area contributed by atoms with Crippen molar-refractivity contribution < 1.29 is 25.8 Å². The SMILES string of the molecule is Cc1ccc(C)n1-c1ncc(-c2ccc(C(C)(c3ccc(OS(=O)(=O)C(F)(F)F)cn3)C(C)C)cc2)cn1. The number of alkyl halides is 3. The predicted molar refractivity (Wildman–Crippen MR) is 137 cm³/mol. The van der Waals surface area contributed by atoms with E-state index in [4.69, 9.17) is 0 Å². The van der Waals surface area contributed by atoms with Crippen molar-refractivity contribution in [3.8, 4) is 22.8 Å². The molecule has 0 N–H and O–H groups in total. The van der Waals surface area contributed by atoms with Gasteiger partial charge in [0.2, 0.25) is 5.95 Å². The van der Waals surface area contributed by atoms with Gasteiger partial charge in [-0.1, -0.05) is 38.1 Å². The Morgan fingerprint density at radius 3 is 1.87 bits per heavy atom. The van der Waals surface area contributed by atoms with E-state index in [-0.39, 0.29) is 5.92 Å². The van der Waals surface area contributed by atoms with E-state index in [1.807, 2.05) is 75.6 Å². The smallest absolute Gasteiger partial charge is 0.374 e. The standard InChI is InChI=1S/C27H27F3N4O3S/c1-17(2)26(5,24-13-12-23(16-31-24)37-38(35,36)27(28,29)30)22-10-8-20(9-11-22)21-14-32-25(33-15-21)34-18(3)6-7-19(34)4/h6-17H,1-5H3. The van der Waals surface area contributed by atoms with Crippen molar-refractivity contribution in [2.45, 2.75) is 45.5 Å². The maximum atomic E-state index is 12.6. The number of hydrogen-bond acceptors (Lipinski definition) is 6. The average molecular weight is 545 g/mol. The van der Waals surface area contributed by atoms with Gasteiger partial charge >= 0.3 is 15.6 Å². The van der Waals surface area contributed by atoms with Crippen LogP contribution in [0.15, 0.2) is 67.1 Å². The van der Waals surface area contributed by atoms with Crippen LogP contribution in [0.1, 0.15) is 43.4 Å². The summed E-state index contributed by atoms with van der Waals surface area (Å²) in [7, 11) is -5.77. The number of nitrogens with zero attached hydrogens (tertiary/aromatic N) is 4. The van der Waals surface area contributed by atoms with Crippen molar-refractivity contribution in [3.63, 3.8) is 0 Å². The molecule has 0 spiro atoms. The molecule has 38 heavy (non-hydrogen) atoms. The summed E-state index contributed by atoms with van der Waals surface area (Å²) in [4.78, 5) is 13.3. The summed E-state index contributed by atoms with van der Waals surface area (Å²) in [6, 6.07) is 14.5. The molecule has 0 radical (unpaired) electrons. The van der Waals surface area contributed by atoms with Gasteiger partial charge in [0.1, 0.15) is 0 Å². The Morgan fingerprint density at radius 1 is 0.816 bits per heavy atom. The molecule has 0 bridgehead atoms. The highest BCUT2D eigenvalue weighted by Gasteiger charge is 2.48. The molecule has 7 nitrogen and oxygen atoms in total. The van der Waals surface area contributed by atoms with Gasteiger partial charge in [-0.3, -0.25) is 9.55 Å². The van der Waals surface area contributed by atoms with Gasteiger partial charge in [0, 0.05) is 34.8 Å². The molecule has 0 amide bonds. The number of rotatable bonds is 7. The summed E-state index contributed by atoms with van der Waals surface area (Å²) in [5, 5.41) is 0. The minimum absolute atomic E-state index is 0.0437. The van der Waals surface area contributed by atoms with Crippen LogP contribution in [0.5, 0.6) is 5.75 Å². The first-order valence-corrected chi connectivity index (χ1v) is 13.2. The van der Waals surface area contributed by atoms with Gasteiger partial charge < -0.3 is 4.18 Å². The summed E-state index contributed by atoms with van der Waals surface area (Å²) >= 11 is 0. The summed E-state index contributed by atoms with van der Waals surface area (Å²) in [5.41, 5.74) is -0.806. The molecular weight excluding hydrogens is 517 g/mol. The van der Waals surface area contributed by atoms with Crippen LogP contribution in [-0.2, 0) is 15.5 Å². The highest BCUT2D eigenvalue weighted by Crippen LogP contribution is 2.39. The quantitative estimate of drug-likeness (QED) is 0.205. The minimum Gasteiger partial charge on any atom is -0.374 e. The molecule has 0 fully saturated rings. The van der Waals surface area contributed by atoms with Crippen LogP contribution >= 0.6 is 0 Å². The fourth-order valence-electron chi connectivity index (χ4n) is 4.27. The van der Waals surface area contributed by atoms with Crippen molar-refractivity contribution >= 4 is 10.1 Å². The predicted octanol–water partition coefficient (Wildman–Crippen LogP) is 6.14. The third-order valence-corrected chi connectivity index (χ3v) is 7.82. The maximum absolute atomic E-state index is 12.6. The summed E-state index contributed by atoms with van der Waals surface area (Å²) in [6.07, 6.45) is 4.53. The minimum atomic E-state index is -5.77. The first-order valence-electron chi connectivity index (χ1n) is 11.8. The van der Waals surface area contributed by atoms with Crippen LogP contribution in [0.25, 0.3) is 17.1 Å². The Kier molecular flexibility index (Phi) is 7.09. The average Bonchev–Trinajstić information content (AvgIpc) is 3.21. The topological polar surface area (TPSA) is 87.0 Å². The molecule has 0 saturated heterocycles. The van der Waals surface area contributed by atoms with Gasteiger partial charge in [0.15, 0.2) is 5.75 Å². The van der Waals surface area contributed by atoms with Crippen LogP contribution in [0.2, 0.25) is 0 Å². The Hall–Kier alpha value is -3.73. The highest BCUT2D eigenvalue weighted by atomic mass is 32.2. The van der Waals surface area contributed by atoms with Crippen LogP contribution in [0.4, 0.5) is 13.2 Å². The molecule has 1 atom stereocenters. The molecule has 0 aliphatic heterocycles. The van der Waals surface area contributed by atoms with Crippen molar-refractivity contribution in [1.82, 2.24) is 19.5 Å². The van der Waals surface area contributed by atoms with Crippen LogP contribution in [0.3, 0.4) is 0 Å². The molecular formula is C27H27F3N4O3S. The van der Waals surface area contributed by atoms with E-state index in [1.165, 1.54) is 12.1 Å². The van der Waals surface area contributed by atoms with Crippen molar-refractivity contribution in [1.29, 1.82) is 0 Å². The molecule has 4 rings (SSSR count). The lowest BCUT2D eigenvalue weighted by atomic mass is 9.70. The number of benzene rings is 1. The van der Waals surface area contributed by atoms with Crippen LogP contribution in [-0.4, -0.2) is 33.4 Å². The number of pyridine rings is 1. The van der Waals surface area contributed by atoms with E-state index in [2.05, 4.69) is 19.1 Å². The Bertz CT molecular complexity index is 1510. The number of aromatic nitrogens is 4. The lowest BCUT2D eigenvalue weighted by Gasteiger charge is -2.34. The third kappa shape index (κ3) is 5.02. The number of halogens is 3. The Morgan fingerprint density at radius 2 is 1.39 bits per heavy atom. The van der Waals surface area contributed by atoms with E-state index in [1.54, 1.807) is 12.4 Å². The third-order valence-electron chi connectivity index (χ3n) is 6.84. The second kappa shape index (κ2) is 9.86. The lowest BCUT2D eigenvalue weighted by molar-refractivity contribution is -0.0500. The summed E-state index contributed by atoms with van der Waals surface area (Å²) in [5.74, 6) is 0.128. The van der Waals surface area contributed by atoms with Gasteiger partial charge in [-0.25, -0.2) is 9.97 Å². The highest BCUT2D eigenvalue weighted by molar-refractivity contribution is 7.88. The zero-order valence-corrected chi connectivity index (χ0v) is 22.3. The van der Waals surface area contributed by atoms with Gasteiger partial charge in [-0.2, -0.15) is 21.6 Å². The van der Waals surface area contributed by atoms with E-state index < -0.39 is 26.8 Å². The van der Waals surface area contributed by atoms with Crippen molar-refractivity contribution in [2.24, 2.45) is 5.92 Å². The molecule has 200 valence electrons. The first kappa shape index (κ1) is 27.3. The van der Waals surface area contributed by atoms with Gasteiger partial charge in [-0.05, 0) is 62.1 Å². The zero-order valence-electron chi connectivity index (χ0n) is 21.5. The molecule has 3 heterocycles. The van der Waals surface area contributed by atoms with E-state index >= 15 is 0 Å². The Balaban J connectivity index is 1.60. The van der Waals surface area contributed by atoms with Gasteiger partial charge in [-0.15, -0.1) is 0 Å². The fraction of sp³-hybridized carbons (Fsp3) is 0.296.